The molecular weight excluding hydrogens is 392 g/mol. The Morgan fingerprint density at radius 1 is 1.03 bits per heavy atom. The van der Waals surface area contributed by atoms with Gasteiger partial charge in [0.15, 0.2) is 5.11 Å². The van der Waals surface area contributed by atoms with Gasteiger partial charge in [-0.25, -0.2) is 0 Å². The lowest BCUT2D eigenvalue weighted by molar-refractivity contribution is 0.280. The average molecular weight is 415 g/mol. The zero-order valence-electron chi connectivity index (χ0n) is 16.6. The largest absolute Gasteiger partial charge is 0.467 e. The Bertz CT molecular complexity index is 1150. The van der Waals surface area contributed by atoms with Crippen LogP contribution >= 0.6 is 12.2 Å². The standard InChI is InChI=1S/C24H22N4OS/c1-17-8-2-3-11-20(17)27-14-6-12-21(27)23-22(19-10-4-5-13-25-19)26-24(30)28(23)16-18-9-7-15-29-18/h2-15,22-23H,16H2,1H3,(H,26,30). The van der Waals surface area contributed by atoms with E-state index in [2.05, 4.69) is 69.3 Å². The van der Waals surface area contributed by atoms with Crippen molar-refractivity contribution in [3.05, 3.63) is 108 Å². The Hall–Kier alpha value is -3.38. The molecule has 5 rings (SSSR count). The molecule has 6 heteroatoms. The minimum Gasteiger partial charge on any atom is -0.467 e. The first kappa shape index (κ1) is 18.6. The minimum absolute atomic E-state index is 0.0351. The maximum atomic E-state index is 5.76. The van der Waals surface area contributed by atoms with Crippen LogP contribution in [0.2, 0.25) is 0 Å². The molecule has 0 saturated carbocycles. The lowest BCUT2D eigenvalue weighted by atomic mass is 10.0. The molecule has 0 amide bonds. The van der Waals surface area contributed by atoms with E-state index in [1.54, 1.807) is 6.26 Å². The summed E-state index contributed by atoms with van der Waals surface area (Å²) in [5.41, 5.74) is 4.49. The maximum Gasteiger partial charge on any atom is 0.170 e. The Balaban J connectivity index is 1.62. The zero-order valence-corrected chi connectivity index (χ0v) is 17.4. The van der Waals surface area contributed by atoms with Crippen LogP contribution in [0.4, 0.5) is 0 Å². The summed E-state index contributed by atoms with van der Waals surface area (Å²) in [6, 6.07) is 22.4. The van der Waals surface area contributed by atoms with Gasteiger partial charge >= 0.3 is 0 Å². The number of aryl methyl sites for hydroxylation is 1. The van der Waals surface area contributed by atoms with E-state index in [0.717, 1.165) is 22.8 Å². The van der Waals surface area contributed by atoms with Gasteiger partial charge in [-0.15, -0.1) is 0 Å². The van der Waals surface area contributed by atoms with E-state index in [9.17, 15) is 0 Å². The molecule has 30 heavy (non-hydrogen) atoms. The molecule has 2 atom stereocenters. The van der Waals surface area contributed by atoms with Crippen molar-refractivity contribution in [2.24, 2.45) is 0 Å². The van der Waals surface area contributed by atoms with Crippen LogP contribution in [-0.2, 0) is 6.54 Å². The fraction of sp³-hybridized carbons (Fsp3) is 0.167. The topological polar surface area (TPSA) is 46.2 Å². The van der Waals surface area contributed by atoms with Gasteiger partial charge in [-0.3, -0.25) is 4.98 Å². The number of para-hydroxylation sites is 1. The molecule has 0 radical (unpaired) electrons. The Morgan fingerprint density at radius 3 is 2.67 bits per heavy atom. The molecule has 1 aliphatic rings. The molecule has 1 aromatic carbocycles. The highest BCUT2D eigenvalue weighted by Crippen LogP contribution is 2.40. The molecule has 150 valence electrons. The van der Waals surface area contributed by atoms with Crippen molar-refractivity contribution in [2.75, 3.05) is 0 Å². The predicted molar refractivity (Wildman–Crippen MR) is 120 cm³/mol. The van der Waals surface area contributed by atoms with E-state index >= 15 is 0 Å². The zero-order chi connectivity index (χ0) is 20.5. The van der Waals surface area contributed by atoms with Gasteiger partial charge in [0.1, 0.15) is 5.76 Å². The van der Waals surface area contributed by atoms with Crippen molar-refractivity contribution in [3.63, 3.8) is 0 Å². The van der Waals surface area contributed by atoms with E-state index < -0.39 is 0 Å². The number of rotatable bonds is 5. The lowest BCUT2D eigenvalue weighted by Crippen LogP contribution is -2.29. The summed E-state index contributed by atoms with van der Waals surface area (Å²) in [6.07, 6.45) is 5.63. The molecule has 1 fully saturated rings. The first-order chi connectivity index (χ1) is 14.7. The van der Waals surface area contributed by atoms with Crippen LogP contribution in [0.15, 0.2) is 89.8 Å². The van der Waals surface area contributed by atoms with Gasteiger partial charge in [-0.2, -0.15) is 0 Å². The summed E-state index contributed by atoms with van der Waals surface area (Å²) in [6.45, 7) is 2.72. The fourth-order valence-corrected chi connectivity index (χ4v) is 4.46. The number of aromatic nitrogens is 2. The number of thiocarbonyl (C=S) groups is 1. The van der Waals surface area contributed by atoms with Crippen molar-refractivity contribution >= 4 is 17.3 Å². The Morgan fingerprint density at radius 2 is 1.90 bits per heavy atom. The molecular formula is C24H22N4OS. The molecule has 2 unspecified atom stereocenters. The summed E-state index contributed by atoms with van der Waals surface area (Å²) in [4.78, 5) is 6.82. The van der Waals surface area contributed by atoms with Gasteiger partial charge in [0.05, 0.1) is 30.6 Å². The maximum absolute atomic E-state index is 5.76. The van der Waals surface area contributed by atoms with Crippen molar-refractivity contribution in [1.82, 2.24) is 19.8 Å². The first-order valence-electron chi connectivity index (χ1n) is 9.96. The monoisotopic (exact) mass is 414 g/mol. The Labute approximate surface area is 181 Å². The highest BCUT2D eigenvalue weighted by atomic mass is 32.1. The van der Waals surface area contributed by atoms with Gasteiger partial charge in [0.25, 0.3) is 0 Å². The molecule has 3 aromatic heterocycles. The van der Waals surface area contributed by atoms with Crippen molar-refractivity contribution in [2.45, 2.75) is 25.6 Å². The number of hydrogen-bond acceptors (Lipinski definition) is 3. The molecule has 1 aliphatic heterocycles. The lowest BCUT2D eigenvalue weighted by Gasteiger charge is -2.28. The molecule has 5 nitrogen and oxygen atoms in total. The van der Waals surface area contributed by atoms with Gasteiger partial charge in [0.2, 0.25) is 0 Å². The summed E-state index contributed by atoms with van der Waals surface area (Å²) < 4.78 is 7.88. The predicted octanol–water partition coefficient (Wildman–Crippen LogP) is 4.95. The van der Waals surface area contributed by atoms with Crippen LogP contribution in [0.3, 0.4) is 0 Å². The van der Waals surface area contributed by atoms with Crippen molar-refractivity contribution in [1.29, 1.82) is 0 Å². The number of pyridine rings is 1. The Kier molecular flexibility index (Phi) is 4.85. The van der Waals surface area contributed by atoms with Gasteiger partial charge in [-0.1, -0.05) is 24.3 Å². The normalized spacial score (nSPS) is 18.6. The van der Waals surface area contributed by atoms with E-state index in [-0.39, 0.29) is 12.1 Å². The van der Waals surface area contributed by atoms with Crippen molar-refractivity contribution < 1.29 is 4.42 Å². The number of benzene rings is 1. The van der Waals surface area contributed by atoms with E-state index in [1.165, 1.54) is 5.56 Å². The van der Waals surface area contributed by atoms with Crippen LogP contribution in [0, 0.1) is 6.92 Å². The molecule has 4 aromatic rings. The van der Waals surface area contributed by atoms with E-state index in [1.807, 2.05) is 36.5 Å². The third kappa shape index (κ3) is 3.29. The molecule has 1 saturated heterocycles. The SMILES string of the molecule is Cc1ccccc1-n1cccc1C1C(c2ccccn2)NC(=S)N1Cc1ccco1. The van der Waals surface area contributed by atoms with Gasteiger partial charge in [-0.05, 0) is 67.2 Å². The summed E-state index contributed by atoms with van der Waals surface area (Å²) in [7, 11) is 0. The quantitative estimate of drug-likeness (QED) is 0.469. The van der Waals surface area contributed by atoms with Crippen LogP contribution in [0.1, 0.15) is 34.8 Å². The highest BCUT2D eigenvalue weighted by molar-refractivity contribution is 7.80. The van der Waals surface area contributed by atoms with Crippen molar-refractivity contribution in [3.8, 4) is 5.69 Å². The van der Waals surface area contributed by atoms with Crippen LogP contribution in [0.25, 0.3) is 5.69 Å². The molecule has 1 N–H and O–H groups in total. The third-order valence-corrected chi connectivity index (χ3v) is 5.91. The highest BCUT2D eigenvalue weighted by Gasteiger charge is 2.41. The fourth-order valence-electron chi connectivity index (χ4n) is 4.16. The van der Waals surface area contributed by atoms with Crippen LogP contribution in [0.5, 0.6) is 0 Å². The number of nitrogens with zero attached hydrogens (tertiary/aromatic N) is 3. The second-order valence-electron chi connectivity index (χ2n) is 7.42. The van der Waals surface area contributed by atoms with Crippen LogP contribution < -0.4 is 5.32 Å². The summed E-state index contributed by atoms with van der Waals surface area (Å²) in [5.74, 6) is 0.875. The molecule has 0 bridgehead atoms. The number of hydrogen-bond donors (Lipinski definition) is 1. The van der Waals surface area contributed by atoms with E-state index in [0.29, 0.717) is 11.7 Å². The summed E-state index contributed by atoms with van der Waals surface area (Å²) in [5, 5.41) is 4.20. The van der Waals surface area contributed by atoms with Gasteiger partial charge in [0, 0.05) is 23.8 Å². The molecule has 0 spiro atoms. The average Bonchev–Trinajstić information content (AvgIpc) is 3.51. The minimum atomic E-state index is -0.0636. The first-order valence-corrected chi connectivity index (χ1v) is 10.4. The summed E-state index contributed by atoms with van der Waals surface area (Å²) >= 11 is 5.76. The second-order valence-corrected chi connectivity index (χ2v) is 7.81. The second kappa shape index (κ2) is 7.80. The van der Waals surface area contributed by atoms with Crippen LogP contribution in [-0.4, -0.2) is 19.6 Å². The molecule has 0 aliphatic carbocycles. The smallest absolute Gasteiger partial charge is 0.170 e. The third-order valence-electron chi connectivity index (χ3n) is 5.56. The number of furan rings is 1. The number of nitrogens with one attached hydrogen (secondary N) is 1. The molecule has 4 heterocycles. The van der Waals surface area contributed by atoms with E-state index in [4.69, 9.17) is 16.6 Å². The van der Waals surface area contributed by atoms with Gasteiger partial charge < -0.3 is 19.2 Å².